The maximum Gasteiger partial charge on any atom is 0.349 e. The first kappa shape index (κ1) is 24.2. The molecule has 0 aliphatic heterocycles. The zero-order valence-electron chi connectivity index (χ0n) is 18.9. The molecule has 4 rings (SSSR count). The van der Waals surface area contributed by atoms with E-state index in [0.29, 0.717) is 11.1 Å². The number of amides is 1. The molecule has 0 bridgehead atoms. The number of carbonyl (C=O) groups excluding carboxylic acids is 3. The van der Waals surface area contributed by atoms with Crippen LogP contribution in [0.5, 0.6) is 0 Å². The number of hydrogen-bond donors (Lipinski definition) is 2. The van der Waals surface area contributed by atoms with Crippen molar-refractivity contribution in [2.45, 2.75) is 12.2 Å². The van der Waals surface area contributed by atoms with Gasteiger partial charge in [0.15, 0.2) is 0 Å². The predicted molar refractivity (Wildman–Crippen MR) is 132 cm³/mol. The zero-order chi connectivity index (χ0) is 25.5. The Labute approximate surface area is 206 Å². The van der Waals surface area contributed by atoms with Crippen LogP contribution in [0, 0.1) is 0 Å². The van der Waals surface area contributed by atoms with Gasteiger partial charge in [0.2, 0.25) is 12.2 Å². The highest BCUT2D eigenvalue weighted by molar-refractivity contribution is 6.06. The zero-order valence-corrected chi connectivity index (χ0v) is 18.9. The number of esters is 2. The summed E-state index contributed by atoms with van der Waals surface area (Å²) < 4.78 is 10.5. The summed E-state index contributed by atoms with van der Waals surface area (Å²) >= 11 is 0. The normalized spacial score (nSPS) is 12.2. The number of anilines is 1. The predicted octanol–water partition coefficient (Wildman–Crippen LogP) is 4.31. The maximum atomic E-state index is 13.3. The molecule has 4 aromatic carbocycles. The van der Waals surface area contributed by atoms with Crippen LogP contribution < -0.4 is 5.32 Å². The van der Waals surface area contributed by atoms with Crippen LogP contribution in [0.1, 0.15) is 20.7 Å². The highest BCUT2D eigenvalue weighted by Crippen LogP contribution is 2.24. The molecule has 180 valence electrons. The van der Waals surface area contributed by atoms with Gasteiger partial charge in [0.1, 0.15) is 0 Å². The molecule has 8 nitrogen and oxygen atoms in total. The second-order valence-corrected chi connectivity index (χ2v) is 7.74. The van der Waals surface area contributed by atoms with Crippen molar-refractivity contribution in [3.63, 3.8) is 0 Å². The summed E-state index contributed by atoms with van der Waals surface area (Å²) in [5, 5.41) is 14.0. The number of ether oxygens (including phenoxy) is 2. The van der Waals surface area contributed by atoms with Crippen LogP contribution in [0.4, 0.5) is 5.69 Å². The third-order valence-corrected chi connectivity index (χ3v) is 5.31. The average Bonchev–Trinajstić information content (AvgIpc) is 2.91. The van der Waals surface area contributed by atoms with Crippen LogP contribution >= 0.6 is 0 Å². The Balaban J connectivity index is 1.66. The largest absolute Gasteiger partial charge is 0.478 e. The molecule has 4 aromatic rings. The summed E-state index contributed by atoms with van der Waals surface area (Å²) in [5.74, 6) is -4.56. The van der Waals surface area contributed by atoms with Gasteiger partial charge in [-0.1, -0.05) is 72.8 Å². The first-order valence-electron chi connectivity index (χ1n) is 11.0. The minimum atomic E-state index is -2.11. The Bertz CT molecular complexity index is 1400. The smallest absolute Gasteiger partial charge is 0.349 e. The Hall–Kier alpha value is -4.98. The summed E-state index contributed by atoms with van der Waals surface area (Å²) in [6.45, 7) is 0. The fourth-order valence-electron chi connectivity index (χ4n) is 3.55. The molecule has 0 heterocycles. The van der Waals surface area contributed by atoms with Crippen molar-refractivity contribution in [2.24, 2.45) is 0 Å². The number of carboxylic acid groups (broad SMARTS) is 1. The summed E-state index contributed by atoms with van der Waals surface area (Å²) in [6.07, 6.45) is -4.10. The fourth-order valence-corrected chi connectivity index (χ4v) is 3.55. The third-order valence-electron chi connectivity index (χ3n) is 5.31. The number of carboxylic acids is 1. The standard InChI is InChI=1S/C28H21NO7/c30-25(29-22-17-9-15-18-10-7-8-16-21(18)22)23(35-27(33)19-11-3-1-4-12-19)24(26(31)32)36-28(34)20-13-5-2-6-14-20/h1-17,23-24H,(H,29,30)(H,31,32)/t23-,24-/m0/s1. The number of carbonyl (C=O) groups is 4. The van der Waals surface area contributed by atoms with Crippen LogP contribution in [0.2, 0.25) is 0 Å². The number of rotatable bonds is 8. The van der Waals surface area contributed by atoms with Crippen LogP contribution in [0.25, 0.3) is 10.8 Å². The lowest BCUT2D eigenvalue weighted by atomic mass is 10.1. The molecule has 2 N–H and O–H groups in total. The lowest BCUT2D eigenvalue weighted by Gasteiger charge is -2.24. The molecular formula is C28H21NO7. The van der Waals surface area contributed by atoms with Gasteiger partial charge in [-0.2, -0.15) is 0 Å². The minimum absolute atomic E-state index is 0.0753. The van der Waals surface area contributed by atoms with E-state index in [1.165, 1.54) is 24.3 Å². The van der Waals surface area contributed by atoms with E-state index in [1.54, 1.807) is 60.7 Å². The van der Waals surface area contributed by atoms with E-state index in [-0.39, 0.29) is 11.1 Å². The van der Waals surface area contributed by atoms with Gasteiger partial charge < -0.3 is 19.9 Å². The molecule has 0 aliphatic rings. The number of benzene rings is 4. The van der Waals surface area contributed by atoms with Crippen LogP contribution in [0.15, 0.2) is 103 Å². The van der Waals surface area contributed by atoms with E-state index < -0.39 is 36.0 Å². The SMILES string of the molecule is O=C(O[C@H](C(=O)O)[C@H](OC(=O)c1ccccc1)C(=O)Nc1cccc2ccccc12)c1ccccc1. The molecule has 0 aromatic heterocycles. The maximum absolute atomic E-state index is 13.3. The van der Waals surface area contributed by atoms with Crippen molar-refractivity contribution in [3.05, 3.63) is 114 Å². The third kappa shape index (κ3) is 5.56. The van der Waals surface area contributed by atoms with Crippen molar-refractivity contribution in [1.29, 1.82) is 0 Å². The van der Waals surface area contributed by atoms with E-state index in [0.717, 1.165) is 5.39 Å². The molecule has 8 heteroatoms. The molecule has 0 unspecified atom stereocenters. The number of hydrogen-bond acceptors (Lipinski definition) is 6. The summed E-state index contributed by atoms with van der Waals surface area (Å²) in [7, 11) is 0. The van der Waals surface area contributed by atoms with Gasteiger partial charge in [0.25, 0.3) is 5.91 Å². The van der Waals surface area contributed by atoms with Crippen molar-refractivity contribution in [1.82, 2.24) is 0 Å². The van der Waals surface area contributed by atoms with E-state index >= 15 is 0 Å². The average molecular weight is 483 g/mol. The summed E-state index contributed by atoms with van der Waals surface area (Å²) in [6, 6.07) is 27.9. The molecule has 2 atom stereocenters. The van der Waals surface area contributed by atoms with Crippen LogP contribution in [-0.2, 0) is 19.1 Å². The van der Waals surface area contributed by atoms with E-state index in [2.05, 4.69) is 5.32 Å². The molecule has 0 radical (unpaired) electrons. The second kappa shape index (κ2) is 11.0. The van der Waals surface area contributed by atoms with Gasteiger partial charge in [-0.3, -0.25) is 4.79 Å². The number of nitrogens with one attached hydrogen (secondary N) is 1. The molecule has 0 saturated carbocycles. The topological polar surface area (TPSA) is 119 Å². The van der Waals surface area contributed by atoms with Crippen molar-refractivity contribution in [3.8, 4) is 0 Å². The van der Waals surface area contributed by atoms with E-state index in [9.17, 15) is 24.3 Å². The van der Waals surface area contributed by atoms with Gasteiger partial charge in [0, 0.05) is 11.1 Å². The minimum Gasteiger partial charge on any atom is -0.478 e. The van der Waals surface area contributed by atoms with Crippen LogP contribution in [0.3, 0.4) is 0 Å². The van der Waals surface area contributed by atoms with Gasteiger partial charge in [-0.15, -0.1) is 0 Å². The highest BCUT2D eigenvalue weighted by atomic mass is 16.6. The molecule has 36 heavy (non-hydrogen) atoms. The van der Waals surface area contributed by atoms with Crippen molar-refractivity contribution in [2.75, 3.05) is 5.32 Å². The quantitative estimate of drug-likeness (QED) is 0.358. The first-order chi connectivity index (χ1) is 17.4. The number of aliphatic carboxylic acids is 1. The Morgan fingerprint density at radius 1 is 0.611 bits per heavy atom. The Morgan fingerprint density at radius 2 is 1.11 bits per heavy atom. The first-order valence-corrected chi connectivity index (χ1v) is 11.0. The van der Waals surface area contributed by atoms with Gasteiger partial charge in [-0.05, 0) is 35.7 Å². The molecule has 0 spiro atoms. The van der Waals surface area contributed by atoms with Gasteiger partial charge in [0.05, 0.1) is 11.1 Å². The monoisotopic (exact) mass is 483 g/mol. The molecule has 0 saturated heterocycles. The van der Waals surface area contributed by atoms with Gasteiger partial charge >= 0.3 is 17.9 Å². The number of fused-ring (bicyclic) bond motifs is 1. The molecule has 1 amide bonds. The lowest BCUT2D eigenvalue weighted by molar-refractivity contribution is -0.157. The fraction of sp³-hybridized carbons (Fsp3) is 0.0714. The Kier molecular flexibility index (Phi) is 7.36. The van der Waals surface area contributed by atoms with E-state index in [4.69, 9.17) is 9.47 Å². The van der Waals surface area contributed by atoms with Crippen molar-refractivity contribution < 1.29 is 33.8 Å². The summed E-state index contributed by atoms with van der Waals surface area (Å²) in [4.78, 5) is 50.9. The van der Waals surface area contributed by atoms with Gasteiger partial charge in [-0.25, -0.2) is 14.4 Å². The molecular weight excluding hydrogens is 462 g/mol. The lowest BCUT2D eigenvalue weighted by Crippen LogP contribution is -2.48. The molecule has 0 fully saturated rings. The summed E-state index contributed by atoms with van der Waals surface area (Å²) in [5.41, 5.74) is 0.544. The van der Waals surface area contributed by atoms with Crippen molar-refractivity contribution >= 4 is 40.3 Å². The van der Waals surface area contributed by atoms with Crippen LogP contribution in [-0.4, -0.2) is 41.1 Å². The highest BCUT2D eigenvalue weighted by Gasteiger charge is 2.41. The molecule has 0 aliphatic carbocycles. The Morgan fingerprint density at radius 3 is 1.69 bits per heavy atom. The van der Waals surface area contributed by atoms with E-state index in [1.807, 2.05) is 18.2 Å². The second-order valence-electron chi connectivity index (χ2n) is 7.74.